The molecule has 3 N–H and O–H groups in total. The molecule has 1 aromatic rings. The summed E-state index contributed by atoms with van der Waals surface area (Å²) < 4.78 is 0. The highest BCUT2D eigenvalue weighted by Gasteiger charge is 2.02. The molecule has 0 saturated carbocycles. The second-order valence-electron chi connectivity index (χ2n) is 4.97. The number of nitrogens with one attached hydrogen (secondary N) is 1. The SMILES string of the molecule is CCCCCCCCC(=O)Nc1cccc(CN)c1. The summed E-state index contributed by atoms with van der Waals surface area (Å²) in [7, 11) is 0. The molecule has 0 atom stereocenters. The first-order chi connectivity index (χ1) is 9.26. The van der Waals surface area contributed by atoms with Crippen molar-refractivity contribution >= 4 is 11.6 Å². The maximum Gasteiger partial charge on any atom is 0.224 e. The topological polar surface area (TPSA) is 55.1 Å². The Kier molecular flexibility index (Phi) is 7.91. The predicted molar refractivity (Wildman–Crippen MR) is 81.0 cm³/mol. The predicted octanol–water partition coefficient (Wildman–Crippen LogP) is 3.83. The van der Waals surface area contributed by atoms with E-state index in [9.17, 15) is 4.79 Å². The minimum absolute atomic E-state index is 0.102. The lowest BCUT2D eigenvalue weighted by Crippen LogP contribution is -2.11. The van der Waals surface area contributed by atoms with Gasteiger partial charge in [-0.3, -0.25) is 4.79 Å². The summed E-state index contributed by atoms with van der Waals surface area (Å²) in [5.41, 5.74) is 7.46. The van der Waals surface area contributed by atoms with Crippen LogP contribution in [0.3, 0.4) is 0 Å². The van der Waals surface area contributed by atoms with Crippen LogP contribution in [0, 0.1) is 0 Å². The van der Waals surface area contributed by atoms with Crippen molar-refractivity contribution in [2.24, 2.45) is 5.73 Å². The highest BCUT2D eigenvalue weighted by atomic mass is 16.1. The molecule has 19 heavy (non-hydrogen) atoms. The standard InChI is InChI=1S/C16H26N2O/c1-2-3-4-5-6-7-11-16(19)18-15-10-8-9-14(12-15)13-17/h8-10,12H,2-7,11,13,17H2,1H3,(H,18,19). The Hall–Kier alpha value is -1.35. The van der Waals surface area contributed by atoms with Crippen LogP contribution in [0.4, 0.5) is 5.69 Å². The molecule has 0 saturated heterocycles. The molecule has 3 heteroatoms. The van der Waals surface area contributed by atoms with Gasteiger partial charge in [-0.1, -0.05) is 51.2 Å². The second kappa shape index (κ2) is 9.56. The molecule has 0 aliphatic rings. The van der Waals surface area contributed by atoms with Crippen LogP contribution in [0.2, 0.25) is 0 Å². The zero-order valence-corrected chi connectivity index (χ0v) is 12.0. The Morgan fingerprint density at radius 2 is 1.89 bits per heavy atom. The maximum atomic E-state index is 11.8. The van der Waals surface area contributed by atoms with Gasteiger partial charge in [0, 0.05) is 18.7 Å². The number of carbonyl (C=O) groups is 1. The molecule has 0 aromatic heterocycles. The van der Waals surface area contributed by atoms with E-state index >= 15 is 0 Å². The largest absolute Gasteiger partial charge is 0.326 e. The third-order valence-corrected chi connectivity index (χ3v) is 3.20. The van der Waals surface area contributed by atoms with Crippen molar-refractivity contribution in [1.82, 2.24) is 0 Å². The summed E-state index contributed by atoms with van der Waals surface area (Å²) in [4.78, 5) is 11.8. The third-order valence-electron chi connectivity index (χ3n) is 3.20. The summed E-state index contributed by atoms with van der Waals surface area (Å²) in [5, 5.41) is 2.92. The van der Waals surface area contributed by atoms with Crippen molar-refractivity contribution < 1.29 is 4.79 Å². The summed E-state index contributed by atoms with van der Waals surface area (Å²) in [5.74, 6) is 0.102. The van der Waals surface area contributed by atoms with Gasteiger partial charge in [-0.2, -0.15) is 0 Å². The Morgan fingerprint density at radius 1 is 1.16 bits per heavy atom. The van der Waals surface area contributed by atoms with E-state index in [0.717, 1.165) is 24.1 Å². The van der Waals surface area contributed by atoms with E-state index in [1.54, 1.807) is 0 Å². The number of rotatable bonds is 9. The average Bonchev–Trinajstić information content (AvgIpc) is 2.43. The fraction of sp³-hybridized carbons (Fsp3) is 0.562. The van der Waals surface area contributed by atoms with E-state index in [0.29, 0.717) is 13.0 Å². The highest BCUT2D eigenvalue weighted by molar-refractivity contribution is 5.90. The van der Waals surface area contributed by atoms with E-state index in [1.165, 1.54) is 25.7 Å². The van der Waals surface area contributed by atoms with E-state index in [1.807, 2.05) is 24.3 Å². The average molecular weight is 262 g/mol. The van der Waals surface area contributed by atoms with Crippen LogP contribution in [0.15, 0.2) is 24.3 Å². The Labute approximate surface area is 116 Å². The van der Waals surface area contributed by atoms with E-state index in [4.69, 9.17) is 5.73 Å². The van der Waals surface area contributed by atoms with Gasteiger partial charge in [0.2, 0.25) is 5.91 Å². The van der Waals surface area contributed by atoms with Gasteiger partial charge in [-0.15, -0.1) is 0 Å². The number of anilines is 1. The molecular weight excluding hydrogens is 236 g/mol. The summed E-state index contributed by atoms with van der Waals surface area (Å²) in [6.45, 7) is 2.71. The maximum absolute atomic E-state index is 11.8. The van der Waals surface area contributed by atoms with Crippen LogP contribution < -0.4 is 11.1 Å². The fourth-order valence-electron chi connectivity index (χ4n) is 2.07. The molecule has 1 amide bonds. The molecule has 0 aliphatic heterocycles. The van der Waals surface area contributed by atoms with E-state index in [-0.39, 0.29) is 5.91 Å². The zero-order chi connectivity index (χ0) is 13.9. The van der Waals surface area contributed by atoms with Crippen LogP contribution in [-0.4, -0.2) is 5.91 Å². The van der Waals surface area contributed by atoms with Crippen molar-refractivity contribution in [2.45, 2.75) is 58.4 Å². The number of nitrogens with two attached hydrogens (primary N) is 1. The molecule has 1 rings (SSSR count). The number of unbranched alkanes of at least 4 members (excludes halogenated alkanes) is 5. The molecule has 0 aliphatic carbocycles. The van der Waals surface area contributed by atoms with Gasteiger partial charge in [0.1, 0.15) is 0 Å². The molecule has 0 heterocycles. The van der Waals surface area contributed by atoms with Gasteiger partial charge in [0.15, 0.2) is 0 Å². The van der Waals surface area contributed by atoms with Gasteiger partial charge in [-0.05, 0) is 24.1 Å². The molecule has 0 bridgehead atoms. The van der Waals surface area contributed by atoms with Crippen molar-refractivity contribution in [1.29, 1.82) is 0 Å². The normalized spacial score (nSPS) is 10.4. The fourth-order valence-corrected chi connectivity index (χ4v) is 2.07. The zero-order valence-electron chi connectivity index (χ0n) is 12.0. The van der Waals surface area contributed by atoms with Crippen molar-refractivity contribution in [3.8, 4) is 0 Å². The number of amides is 1. The summed E-state index contributed by atoms with van der Waals surface area (Å²) >= 11 is 0. The van der Waals surface area contributed by atoms with Crippen LogP contribution >= 0.6 is 0 Å². The van der Waals surface area contributed by atoms with Crippen molar-refractivity contribution in [2.75, 3.05) is 5.32 Å². The molecule has 0 fully saturated rings. The van der Waals surface area contributed by atoms with Gasteiger partial charge < -0.3 is 11.1 Å². The highest BCUT2D eigenvalue weighted by Crippen LogP contribution is 2.12. The molecule has 106 valence electrons. The van der Waals surface area contributed by atoms with Crippen LogP contribution in [0.5, 0.6) is 0 Å². The molecule has 0 radical (unpaired) electrons. The van der Waals surface area contributed by atoms with Gasteiger partial charge >= 0.3 is 0 Å². The molecule has 0 unspecified atom stereocenters. The number of hydrogen-bond donors (Lipinski definition) is 2. The molecular formula is C16H26N2O. The minimum Gasteiger partial charge on any atom is -0.326 e. The van der Waals surface area contributed by atoms with Gasteiger partial charge in [-0.25, -0.2) is 0 Å². The van der Waals surface area contributed by atoms with Crippen LogP contribution in [0.25, 0.3) is 0 Å². The van der Waals surface area contributed by atoms with E-state index < -0.39 is 0 Å². The van der Waals surface area contributed by atoms with Crippen LogP contribution in [0.1, 0.15) is 57.4 Å². The first-order valence-electron chi connectivity index (χ1n) is 7.35. The number of carbonyl (C=O) groups excluding carboxylic acids is 1. The molecule has 3 nitrogen and oxygen atoms in total. The quantitative estimate of drug-likeness (QED) is 0.664. The smallest absolute Gasteiger partial charge is 0.224 e. The third kappa shape index (κ3) is 6.97. The van der Waals surface area contributed by atoms with Crippen LogP contribution in [-0.2, 0) is 11.3 Å². The number of benzene rings is 1. The lowest BCUT2D eigenvalue weighted by molar-refractivity contribution is -0.116. The van der Waals surface area contributed by atoms with Crippen molar-refractivity contribution in [3.05, 3.63) is 29.8 Å². The van der Waals surface area contributed by atoms with Crippen molar-refractivity contribution in [3.63, 3.8) is 0 Å². The van der Waals surface area contributed by atoms with Gasteiger partial charge in [0.25, 0.3) is 0 Å². The molecule has 1 aromatic carbocycles. The Morgan fingerprint density at radius 3 is 2.63 bits per heavy atom. The first kappa shape index (κ1) is 15.7. The first-order valence-corrected chi connectivity index (χ1v) is 7.35. The number of hydrogen-bond acceptors (Lipinski definition) is 2. The van der Waals surface area contributed by atoms with E-state index in [2.05, 4.69) is 12.2 Å². The summed E-state index contributed by atoms with van der Waals surface area (Å²) in [6, 6.07) is 7.71. The van der Waals surface area contributed by atoms with Gasteiger partial charge in [0.05, 0.1) is 0 Å². The Bertz CT molecular complexity index is 377. The lowest BCUT2D eigenvalue weighted by atomic mass is 10.1. The Balaban J connectivity index is 2.19. The lowest BCUT2D eigenvalue weighted by Gasteiger charge is -2.06. The molecule has 0 spiro atoms. The minimum atomic E-state index is 0.102. The monoisotopic (exact) mass is 262 g/mol. The second-order valence-corrected chi connectivity index (χ2v) is 4.97. The summed E-state index contributed by atoms with van der Waals surface area (Å²) in [6.07, 6.45) is 7.83.